The normalized spacial score (nSPS) is 15.4. The van der Waals surface area contributed by atoms with E-state index in [9.17, 15) is 14.4 Å². The van der Waals surface area contributed by atoms with Gasteiger partial charge in [0, 0.05) is 18.2 Å². The molecule has 0 saturated carbocycles. The molecule has 1 fully saturated rings. The largest absolute Gasteiger partial charge is 0.493 e. The van der Waals surface area contributed by atoms with Crippen LogP contribution >= 0.6 is 11.6 Å². The van der Waals surface area contributed by atoms with Crippen molar-refractivity contribution in [3.8, 4) is 17.2 Å². The molecular weight excluding hydrogens is 476 g/mol. The van der Waals surface area contributed by atoms with Gasteiger partial charge in [0.05, 0.1) is 55.9 Å². The number of benzene rings is 2. The Kier molecular flexibility index (Phi) is 7.47. The van der Waals surface area contributed by atoms with Crippen LogP contribution in [0.2, 0.25) is 5.02 Å². The fourth-order valence-electron chi connectivity index (χ4n) is 4.23. The van der Waals surface area contributed by atoms with E-state index in [-0.39, 0.29) is 35.9 Å². The van der Waals surface area contributed by atoms with E-state index in [4.69, 9.17) is 30.5 Å². The van der Waals surface area contributed by atoms with Crippen LogP contribution in [0, 0.1) is 0 Å². The zero-order chi connectivity index (χ0) is 25.1. The predicted molar refractivity (Wildman–Crippen MR) is 131 cm³/mol. The molecule has 1 aliphatic heterocycles. The smallest absolute Gasteiger partial charge is 0.331 e. The number of methoxy groups -OCH3 is 2. The standard InChI is InChI=1S/C25H27ClN2O7/c1-4-34-21-8-7-15(10-18(21)26)20(29)14-27-19-12-23(33-3)22(32-2)11-17(19)24(30)28(25(27)31)13-16-6-5-9-35-16/h7-8,10-12,16H,4-6,9,13-14H2,1-3H3/t16-/m1/s1. The van der Waals surface area contributed by atoms with Crippen molar-refractivity contribution in [2.24, 2.45) is 0 Å². The van der Waals surface area contributed by atoms with Gasteiger partial charge < -0.3 is 18.9 Å². The Morgan fingerprint density at radius 1 is 1.09 bits per heavy atom. The van der Waals surface area contributed by atoms with E-state index in [2.05, 4.69) is 0 Å². The van der Waals surface area contributed by atoms with Gasteiger partial charge in [0.2, 0.25) is 0 Å². The summed E-state index contributed by atoms with van der Waals surface area (Å²) >= 11 is 6.26. The summed E-state index contributed by atoms with van der Waals surface area (Å²) in [6.45, 7) is 2.66. The van der Waals surface area contributed by atoms with E-state index in [0.29, 0.717) is 41.0 Å². The highest BCUT2D eigenvalue weighted by molar-refractivity contribution is 6.32. The monoisotopic (exact) mass is 502 g/mol. The van der Waals surface area contributed by atoms with Gasteiger partial charge in [-0.2, -0.15) is 0 Å². The summed E-state index contributed by atoms with van der Waals surface area (Å²) in [5.74, 6) is 0.794. The van der Waals surface area contributed by atoms with Crippen molar-refractivity contribution >= 4 is 28.3 Å². The Labute approximate surface area is 206 Å². The van der Waals surface area contributed by atoms with E-state index in [1.54, 1.807) is 12.1 Å². The Morgan fingerprint density at radius 3 is 2.46 bits per heavy atom. The maximum Gasteiger partial charge on any atom is 0.331 e. The van der Waals surface area contributed by atoms with Gasteiger partial charge in [-0.25, -0.2) is 4.79 Å². The van der Waals surface area contributed by atoms with E-state index < -0.39 is 11.2 Å². The van der Waals surface area contributed by atoms with Gasteiger partial charge in [0.1, 0.15) is 5.75 Å². The van der Waals surface area contributed by atoms with Crippen LogP contribution in [0.15, 0.2) is 39.9 Å². The number of rotatable bonds is 9. The van der Waals surface area contributed by atoms with Gasteiger partial charge in [0.15, 0.2) is 17.3 Å². The molecule has 0 radical (unpaired) electrons. The third-order valence-electron chi connectivity index (χ3n) is 6.00. The van der Waals surface area contributed by atoms with Crippen molar-refractivity contribution in [3.63, 3.8) is 0 Å². The average molecular weight is 503 g/mol. The summed E-state index contributed by atoms with van der Waals surface area (Å²) < 4.78 is 24.2. The maximum absolute atomic E-state index is 13.5. The average Bonchev–Trinajstić information content (AvgIpc) is 3.38. The molecule has 3 aromatic rings. The number of hydrogen-bond acceptors (Lipinski definition) is 7. The molecule has 0 N–H and O–H groups in total. The first-order valence-corrected chi connectivity index (χ1v) is 11.7. The topological polar surface area (TPSA) is 98.0 Å². The summed E-state index contributed by atoms with van der Waals surface area (Å²) in [4.78, 5) is 40.1. The molecule has 1 aromatic heterocycles. The lowest BCUT2D eigenvalue weighted by Crippen LogP contribution is -2.43. The van der Waals surface area contributed by atoms with Gasteiger partial charge in [-0.05, 0) is 44.0 Å². The molecule has 186 valence electrons. The van der Waals surface area contributed by atoms with E-state index >= 15 is 0 Å². The first kappa shape index (κ1) is 24.8. The fraction of sp³-hybridized carbons (Fsp3) is 0.400. The van der Waals surface area contributed by atoms with Crippen molar-refractivity contribution in [3.05, 3.63) is 61.8 Å². The molecule has 0 unspecified atom stereocenters. The van der Waals surface area contributed by atoms with Crippen LogP contribution in [0.5, 0.6) is 17.2 Å². The second-order valence-electron chi connectivity index (χ2n) is 8.15. The lowest BCUT2D eigenvalue weighted by atomic mass is 10.1. The summed E-state index contributed by atoms with van der Waals surface area (Å²) in [5, 5.41) is 0.530. The molecule has 1 aliphatic rings. The third-order valence-corrected chi connectivity index (χ3v) is 6.29. The minimum absolute atomic E-state index is 0.102. The Hall–Kier alpha value is -3.30. The number of carbonyl (C=O) groups is 1. The van der Waals surface area contributed by atoms with Crippen molar-refractivity contribution in [1.29, 1.82) is 0 Å². The molecule has 4 rings (SSSR count). The molecule has 0 aliphatic carbocycles. The van der Waals surface area contributed by atoms with Crippen LogP contribution in [0.3, 0.4) is 0 Å². The highest BCUT2D eigenvalue weighted by atomic mass is 35.5. The summed E-state index contributed by atoms with van der Waals surface area (Å²) in [6.07, 6.45) is 1.37. The lowest BCUT2D eigenvalue weighted by molar-refractivity contribution is 0.0939. The number of hydrogen-bond donors (Lipinski definition) is 0. The van der Waals surface area contributed by atoms with E-state index in [1.807, 2.05) is 6.92 Å². The zero-order valence-corrected chi connectivity index (χ0v) is 20.6. The van der Waals surface area contributed by atoms with Gasteiger partial charge >= 0.3 is 5.69 Å². The molecule has 9 nitrogen and oxygen atoms in total. The Morgan fingerprint density at radius 2 is 1.83 bits per heavy atom. The first-order chi connectivity index (χ1) is 16.9. The van der Waals surface area contributed by atoms with Crippen molar-refractivity contribution < 1.29 is 23.7 Å². The number of carbonyl (C=O) groups excluding carboxylic acids is 1. The van der Waals surface area contributed by atoms with Crippen LogP contribution in [0.4, 0.5) is 0 Å². The number of ether oxygens (including phenoxy) is 4. The Bertz CT molecular complexity index is 1370. The molecule has 0 bridgehead atoms. The van der Waals surface area contributed by atoms with Gasteiger partial charge in [-0.1, -0.05) is 11.6 Å². The zero-order valence-electron chi connectivity index (χ0n) is 19.8. The highest BCUT2D eigenvalue weighted by Crippen LogP contribution is 2.31. The van der Waals surface area contributed by atoms with Crippen LogP contribution in [-0.2, 0) is 17.8 Å². The molecule has 10 heteroatoms. The molecule has 0 amide bonds. The second kappa shape index (κ2) is 10.5. The minimum Gasteiger partial charge on any atom is -0.493 e. The van der Waals surface area contributed by atoms with Crippen LogP contribution < -0.4 is 25.5 Å². The number of halogens is 1. The third kappa shape index (κ3) is 4.92. The molecule has 0 spiro atoms. The predicted octanol–water partition coefficient (Wildman–Crippen LogP) is 3.29. The van der Waals surface area contributed by atoms with Gasteiger partial charge in [-0.15, -0.1) is 0 Å². The van der Waals surface area contributed by atoms with Crippen molar-refractivity contribution in [2.45, 2.75) is 39.0 Å². The molecule has 35 heavy (non-hydrogen) atoms. The molecule has 2 heterocycles. The number of Topliss-reactive ketones (excluding diaryl/α,β-unsaturated/α-hetero) is 1. The number of nitrogens with zero attached hydrogens (tertiary/aromatic N) is 2. The number of fused-ring (bicyclic) bond motifs is 1. The first-order valence-electron chi connectivity index (χ1n) is 11.3. The van der Waals surface area contributed by atoms with E-state index in [1.165, 1.54) is 37.0 Å². The summed E-state index contributed by atoms with van der Waals surface area (Å²) in [7, 11) is 2.92. The van der Waals surface area contributed by atoms with Crippen LogP contribution in [0.25, 0.3) is 10.9 Å². The second-order valence-corrected chi connectivity index (χ2v) is 8.55. The quantitative estimate of drug-likeness (QED) is 0.414. The number of ketones is 1. The molecule has 1 atom stereocenters. The summed E-state index contributed by atoms with van der Waals surface area (Å²) in [6, 6.07) is 7.78. The number of aromatic nitrogens is 2. The van der Waals surface area contributed by atoms with Gasteiger partial charge in [0.25, 0.3) is 5.56 Å². The van der Waals surface area contributed by atoms with Gasteiger partial charge in [-0.3, -0.25) is 18.7 Å². The molecule has 2 aromatic carbocycles. The Balaban J connectivity index is 1.84. The fourth-order valence-corrected chi connectivity index (χ4v) is 4.47. The van der Waals surface area contributed by atoms with Crippen molar-refractivity contribution in [1.82, 2.24) is 9.13 Å². The maximum atomic E-state index is 13.5. The summed E-state index contributed by atoms with van der Waals surface area (Å²) in [5.41, 5.74) is -0.493. The highest BCUT2D eigenvalue weighted by Gasteiger charge is 2.23. The van der Waals surface area contributed by atoms with Crippen LogP contribution in [0.1, 0.15) is 30.1 Å². The SMILES string of the molecule is CCOc1ccc(C(=O)Cn2c(=O)n(C[C@H]3CCCO3)c(=O)c3cc(OC)c(OC)cc32)cc1Cl. The minimum atomic E-state index is -0.601. The molecular formula is C25H27ClN2O7. The van der Waals surface area contributed by atoms with E-state index in [0.717, 1.165) is 17.4 Å². The van der Waals surface area contributed by atoms with Crippen molar-refractivity contribution in [2.75, 3.05) is 27.4 Å². The lowest BCUT2D eigenvalue weighted by Gasteiger charge is -2.18. The molecule has 1 saturated heterocycles. The van der Waals surface area contributed by atoms with Crippen LogP contribution in [-0.4, -0.2) is 48.5 Å².